The largest absolute Gasteiger partial charge is 0.466 e. The zero-order chi connectivity index (χ0) is 25.7. The van der Waals surface area contributed by atoms with Crippen molar-refractivity contribution in [1.29, 1.82) is 0 Å². The minimum atomic E-state index is -0.538. The van der Waals surface area contributed by atoms with Crippen molar-refractivity contribution < 1.29 is 18.7 Å². The number of hydrogen-bond acceptors (Lipinski definition) is 8. The molecule has 0 spiro atoms. The van der Waals surface area contributed by atoms with Gasteiger partial charge in [0.2, 0.25) is 0 Å². The topological polar surface area (TPSA) is 89.5 Å². The van der Waals surface area contributed by atoms with Gasteiger partial charge < -0.3 is 19.7 Å². The zero-order valence-electron chi connectivity index (χ0n) is 21.2. The molecule has 4 rings (SSSR count). The average molecular weight is 496 g/mol. The molecule has 4 heterocycles. The second-order valence-electron chi connectivity index (χ2n) is 9.20. The number of aromatic nitrogens is 3. The second kappa shape index (κ2) is 11.6. The summed E-state index contributed by atoms with van der Waals surface area (Å²) in [6, 6.07) is 0.828. The van der Waals surface area contributed by atoms with E-state index < -0.39 is 5.82 Å². The molecule has 2 aliphatic heterocycles. The van der Waals surface area contributed by atoms with Crippen LogP contribution in [0.15, 0.2) is 36.6 Å². The molecule has 2 fully saturated rings. The molecule has 1 N–H and O–H groups in total. The van der Waals surface area contributed by atoms with Crippen molar-refractivity contribution in [3.63, 3.8) is 0 Å². The van der Waals surface area contributed by atoms with Gasteiger partial charge in [0.25, 0.3) is 0 Å². The van der Waals surface area contributed by atoms with Gasteiger partial charge in [-0.25, -0.2) is 4.39 Å². The number of hydrogen-bond donors (Lipinski definition) is 1. The van der Waals surface area contributed by atoms with Gasteiger partial charge in [-0.1, -0.05) is 24.8 Å². The van der Waals surface area contributed by atoms with Crippen molar-refractivity contribution in [2.24, 2.45) is 0 Å². The Balaban J connectivity index is 1.71. The summed E-state index contributed by atoms with van der Waals surface area (Å²) in [6.45, 7) is 11.6. The van der Waals surface area contributed by atoms with Crippen LogP contribution in [0, 0.1) is 5.82 Å². The number of rotatable bonds is 10. The van der Waals surface area contributed by atoms with Crippen LogP contribution in [0.25, 0.3) is 16.5 Å². The Labute approximate surface area is 211 Å². The highest BCUT2D eigenvalue weighted by atomic mass is 19.1. The maximum absolute atomic E-state index is 16.0. The predicted molar refractivity (Wildman–Crippen MR) is 138 cm³/mol. The van der Waals surface area contributed by atoms with Crippen LogP contribution in [0.2, 0.25) is 0 Å². The maximum atomic E-state index is 16.0. The molecule has 2 unspecified atom stereocenters. The second-order valence-corrected chi connectivity index (χ2v) is 9.20. The van der Waals surface area contributed by atoms with Gasteiger partial charge in [-0.2, -0.15) is 9.97 Å². The highest BCUT2D eigenvalue weighted by Gasteiger charge is 2.34. The number of pyridine rings is 1. The number of halogens is 1. The molecule has 0 aromatic carbocycles. The van der Waals surface area contributed by atoms with Crippen molar-refractivity contribution in [2.45, 2.75) is 58.5 Å². The molecule has 2 aliphatic rings. The monoisotopic (exact) mass is 495 g/mol. The Morgan fingerprint density at radius 2 is 2.06 bits per heavy atom. The summed E-state index contributed by atoms with van der Waals surface area (Å²) in [6.07, 6.45) is 10.0. The van der Waals surface area contributed by atoms with E-state index in [2.05, 4.69) is 31.7 Å². The van der Waals surface area contributed by atoms with E-state index in [-0.39, 0.29) is 36.2 Å². The molecule has 2 aromatic rings. The Morgan fingerprint density at radius 3 is 2.72 bits per heavy atom. The number of carbonyl (C=O) groups is 1. The van der Waals surface area contributed by atoms with Gasteiger partial charge in [-0.05, 0) is 45.6 Å². The van der Waals surface area contributed by atoms with Gasteiger partial charge in [-0.15, -0.1) is 0 Å². The van der Waals surface area contributed by atoms with E-state index in [1.54, 1.807) is 19.2 Å². The first-order valence-corrected chi connectivity index (χ1v) is 12.6. The normalized spacial score (nSPS) is 19.8. The SMILES string of the molecule is C=C(C)/C(=C\C=C/C)c1ncc2c(N3CC4CCC(C3)N4)nc(OCCCC(=O)OCC)nc2c1F. The fourth-order valence-electron chi connectivity index (χ4n) is 4.71. The summed E-state index contributed by atoms with van der Waals surface area (Å²) in [7, 11) is 0. The van der Waals surface area contributed by atoms with Gasteiger partial charge in [0.15, 0.2) is 5.82 Å². The van der Waals surface area contributed by atoms with Gasteiger partial charge in [0, 0.05) is 43.4 Å². The van der Waals surface area contributed by atoms with Crippen LogP contribution in [-0.4, -0.2) is 59.3 Å². The van der Waals surface area contributed by atoms with Crippen LogP contribution in [0.5, 0.6) is 6.01 Å². The lowest BCUT2D eigenvalue weighted by molar-refractivity contribution is -0.143. The summed E-state index contributed by atoms with van der Waals surface area (Å²) in [5.74, 6) is -0.199. The van der Waals surface area contributed by atoms with Crippen LogP contribution in [0.3, 0.4) is 0 Å². The molecule has 192 valence electrons. The third-order valence-corrected chi connectivity index (χ3v) is 6.39. The number of fused-ring (bicyclic) bond motifs is 3. The van der Waals surface area contributed by atoms with Gasteiger partial charge in [-0.3, -0.25) is 9.78 Å². The summed E-state index contributed by atoms with van der Waals surface area (Å²) < 4.78 is 26.7. The van der Waals surface area contributed by atoms with E-state index in [0.717, 1.165) is 25.9 Å². The third-order valence-electron chi connectivity index (χ3n) is 6.39. The summed E-state index contributed by atoms with van der Waals surface area (Å²) >= 11 is 0. The predicted octanol–water partition coefficient (Wildman–Crippen LogP) is 4.36. The number of esters is 1. The molecule has 8 nitrogen and oxygen atoms in total. The van der Waals surface area contributed by atoms with E-state index >= 15 is 4.39 Å². The molecule has 9 heteroatoms. The van der Waals surface area contributed by atoms with Crippen molar-refractivity contribution in [2.75, 3.05) is 31.2 Å². The highest BCUT2D eigenvalue weighted by Crippen LogP contribution is 2.34. The van der Waals surface area contributed by atoms with Crippen LogP contribution in [0.4, 0.5) is 10.2 Å². The lowest BCUT2D eigenvalue weighted by Gasteiger charge is -2.34. The first-order valence-electron chi connectivity index (χ1n) is 12.6. The average Bonchev–Trinajstić information content (AvgIpc) is 3.20. The van der Waals surface area contributed by atoms with Gasteiger partial charge >= 0.3 is 12.0 Å². The number of nitrogens with one attached hydrogen (secondary N) is 1. The molecule has 0 aliphatic carbocycles. The summed E-state index contributed by atoms with van der Waals surface area (Å²) in [4.78, 5) is 27.4. The number of anilines is 1. The summed E-state index contributed by atoms with van der Waals surface area (Å²) in [5.41, 5.74) is 1.64. The fraction of sp³-hybridized carbons (Fsp3) is 0.481. The van der Waals surface area contributed by atoms with Crippen LogP contribution in [-0.2, 0) is 9.53 Å². The smallest absolute Gasteiger partial charge is 0.319 e. The number of carbonyl (C=O) groups excluding carboxylic acids is 1. The lowest BCUT2D eigenvalue weighted by Crippen LogP contribution is -2.51. The Hall–Kier alpha value is -3.33. The number of allylic oxidation sites excluding steroid dienone is 5. The minimum absolute atomic E-state index is 0.0811. The van der Waals surface area contributed by atoms with E-state index in [1.165, 1.54) is 0 Å². The highest BCUT2D eigenvalue weighted by molar-refractivity contribution is 5.92. The van der Waals surface area contributed by atoms with E-state index in [0.29, 0.717) is 47.5 Å². The van der Waals surface area contributed by atoms with Crippen LogP contribution >= 0.6 is 0 Å². The first-order chi connectivity index (χ1) is 17.4. The molecule has 2 aromatic heterocycles. The zero-order valence-corrected chi connectivity index (χ0v) is 21.2. The lowest BCUT2D eigenvalue weighted by atomic mass is 10.0. The van der Waals surface area contributed by atoms with Crippen molar-refractivity contribution in [3.8, 4) is 6.01 Å². The molecule has 36 heavy (non-hydrogen) atoms. The quantitative estimate of drug-likeness (QED) is 0.295. The number of nitrogens with zero attached hydrogens (tertiary/aromatic N) is 4. The van der Waals surface area contributed by atoms with E-state index in [1.807, 2.05) is 26.0 Å². The molecule has 2 saturated heterocycles. The molecule has 0 radical (unpaired) electrons. The Morgan fingerprint density at radius 1 is 1.31 bits per heavy atom. The van der Waals surface area contributed by atoms with Gasteiger partial charge in [0.05, 0.1) is 18.6 Å². The maximum Gasteiger partial charge on any atom is 0.319 e. The molecule has 0 amide bonds. The van der Waals surface area contributed by atoms with E-state index in [9.17, 15) is 4.79 Å². The summed E-state index contributed by atoms with van der Waals surface area (Å²) in [5, 5.41) is 4.15. The van der Waals surface area contributed by atoms with Crippen molar-refractivity contribution in [1.82, 2.24) is 20.3 Å². The van der Waals surface area contributed by atoms with Gasteiger partial charge in [0.1, 0.15) is 17.0 Å². The molecule has 2 atom stereocenters. The first kappa shape index (κ1) is 25.8. The fourth-order valence-corrected chi connectivity index (χ4v) is 4.71. The van der Waals surface area contributed by atoms with Crippen LogP contribution < -0.4 is 15.0 Å². The minimum Gasteiger partial charge on any atom is -0.466 e. The van der Waals surface area contributed by atoms with Crippen molar-refractivity contribution in [3.05, 3.63) is 48.1 Å². The standard InChI is InChI=1S/C27H34FN5O3/c1-5-7-9-20(17(3)4)24-23(28)25-21(14-29-24)26(33-15-18-11-12-19(16-33)30-18)32-27(31-25)36-13-8-10-22(34)35-6-2/h5,7,9,14,18-19,30H,3,6,8,10-13,15-16H2,1-2,4H3/b7-5-,20-9+. The molecular weight excluding hydrogens is 461 g/mol. The Bertz CT molecular complexity index is 1180. The molecule has 0 saturated carbocycles. The molecule has 2 bridgehead atoms. The third kappa shape index (κ3) is 5.73. The number of piperazine rings is 1. The molecular formula is C27H34FN5O3. The van der Waals surface area contributed by atoms with Crippen molar-refractivity contribution >= 4 is 28.3 Å². The number of ether oxygens (including phenoxy) is 2. The Kier molecular flexibility index (Phi) is 8.30. The van der Waals surface area contributed by atoms with E-state index in [4.69, 9.17) is 9.47 Å². The van der Waals surface area contributed by atoms with Crippen LogP contribution in [0.1, 0.15) is 52.1 Å².